The van der Waals surface area contributed by atoms with E-state index in [-0.39, 0.29) is 12.5 Å². The number of pyridine rings is 3. The third kappa shape index (κ3) is 6.20. The summed E-state index contributed by atoms with van der Waals surface area (Å²) in [7, 11) is 0. The minimum absolute atomic E-state index is 0.0107. The third-order valence-electron chi connectivity index (χ3n) is 6.16. The van der Waals surface area contributed by atoms with Gasteiger partial charge in [-0.05, 0) is 56.7 Å². The van der Waals surface area contributed by atoms with Crippen molar-refractivity contribution in [3.8, 4) is 17.2 Å². The molecule has 4 rings (SSSR count). The highest BCUT2D eigenvalue weighted by Crippen LogP contribution is 2.31. The minimum atomic E-state index is -0.809. The first-order valence-corrected chi connectivity index (χ1v) is 12.2. The molecular formula is C27H31N7O3. The molecule has 10 nitrogen and oxygen atoms in total. The first kappa shape index (κ1) is 26.0. The number of aryl methyl sites for hydroxylation is 1. The van der Waals surface area contributed by atoms with Gasteiger partial charge in [-0.25, -0.2) is 4.98 Å². The van der Waals surface area contributed by atoms with Crippen molar-refractivity contribution in [3.05, 3.63) is 59.7 Å². The van der Waals surface area contributed by atoms with Gasteiger partial charge < -0.3 is 25.4 Å². The SMILES string of the molecule is Cc1ncc(NC(=O)c2ccnc(C(C)(C)C#N)c2)cc1-c1cc(NCCO)nc(N2CCOCC2)c1. The summed E-state index contributed by atoms with van der Waals surface area (Å²) in [6.07, 6.45) is 3.15. The molecule has 192 valence electrons. The van der Waals surface area contributed by atoms with E-state index in [4.69, 9.17) is 9.72 Å². The number of aliphatic hydroxyl groups excluding tert-OH is 1. The fourth-order valence-electron chi connectivity index (χ4n) is 3.97. The number of aliphatic hydroxyl groups is 1. The zero-order chi connectivity index (χ0) is 26.4. The van der Waals surface area contributed by atoms with Gasteiger partial charge in [0.25, 0.3) is 5.91 Å². The number of morpholine rings is 1. The Balaban J connectivity index is 1.64. The van der Waals surface area contributed by atoms with Gasteiger partial charge in [0.2, 0.25) is 0 Å². The normalized spacial score (nSPS) is 13.6. The van der Waals surface area contributed by atoms with E-state index in [0.717, 1.165) is 35.7 Å². The van der Waals surface area contributed by atoms with E-state index >= 15 is 0 Å². The van der Waals surface area contributed by atoms with Crippen LogP contribution in [0.3, 0.4) is 0 Å². The average Bonchev–Trinajstić information content (AvgIpc) is 2.93. The quantitative estimate of drug-likeness (QED) is 0.425. The number of hydrogen-bond acceptors (Lipinski definition) is 9. The number of carbonyl (C=O) groups is 1. The molecule has 0 unspecified atom stereocenters. The maximum atomic E-state index is 13.0. The molecule has 1 fully saturated rings. The molecule has 4 heterocycles. The molecule has 0 radical (unpaired) electrons. The smallest absolute Gasteiger partial charge is 0.255 e. The first-order valence-electron chi connectivity index (χ1n) is 12.2. The Morgan fingerprint density at radius 2 is 2.00 bits per heavy atom. The zero-order valence-corrected chi connectivity index (χ0v) is 21.3. The molecule has 10 heteroatoms. The number of anilines is 3. The van der Waals surface area contributed by atoms with E-state index in [9.17, 15) is 15.2 Å². The number of nitrogens with zero attached hydrogens (tertiary/aromatic N) is 5. The molecule has 37 heavy (non-hydrogen) atoms. The monoisotopic (exact) mass is 501 g/mol. The molecule has 1 saturated heterocycles. The molecule has 0 atom stereocenters. The average molecular weight is 502 g/mol. The van der Waals surface area contributed by atoms with Gasteiger partial charge in [-0.3, -0.25) is 14.8 Å². The molecular weight excluding hydrogens is 470 g/mol. The van der Waals surface area contributed by atoms with Crippen molar-refractivity contribution in [2.24, 2.45) is 0 Å². The van der Waals surface area contributed by atoms with Crippen LogP contribution in [0.5, 0.6) is 0 Å². The number of carbonyl (C=O) groups excluding carboxylic acids is 1. The van der Waals surface area contributed by atoms with E-state index in [0.29, 0.717) is 42.5 Å². The number of ether oxygens (including phenoxy) is 1. The second kappa shape index (κ2) is 11.3. The Morgan fingerprint density at radius 1 is 1.22 bits per heavy atom. The van der Waals surface area contributed by atoms with E-state index < -0.39 is 5.41 Å². The van der Waals surface area contributed by atoms with Gasteiger partial charge in [0, 0.05) is 42.7 Å². The van der Waals surface area contributed by atoms with E-state index in [1.54, 1.807) is 32.2 Å². The van der Waals surface area contributed by atoms with Crippen molar-refractivity contribution in [1.82, 2.24) is 15.0 Å². The molecule has 0 aliphatic carbocycles. The topological polar surface area (TPSA) is 136 Å². The maximum Gasteiger partial charge on any atom is 0.255 e. The second-order valence-corrected chi connectivity index (χ2v) is 9.33. The van der Waals surface area contributed by atoms with Gasteiger partial charge >= 0.3 is 0 Å². The number of nitrogens with one attached hydrogen (secondary N) is 2. The summed E-state index contributed by atoms with van der Waals surface area (Å²) in [5, 5.41) is 24.8. The Morgan fingerprint density at radius 3 is 2.73 bits per heavy atom. The largest absolute Gasteiger partial charge is 0.395 e. The van der Waals surface area contributed by atoms with Crippen LogP contribution >= 0.6 is 0 Å². The summed E-state index contributed by atoms with van der Waals surface area (Å²) in [5.74, 6) is 1.13. The molecule has 3 aromatic heterocycles. The number of hydrogen-bond donors (Lipinski definition) is 3. The lowest BCUT2D eigenvalue weighted by Crippen LogP contribution is -2.36. The lowest BCUT2D eigenvalue weighted by molar-refractivity contribution is 0.102. The zero-order valence-electron chi connectivity index (χ0n) is 21.3. The van der Waals surface area contributed by atoms with Gasteiger partial charge in [0.05, 0.1) is 48.9 Å². The van der Waals surface area contributed by atoms with Crippen LogP contribution in [0.25, 0.3) is 11.1 Å². The summed E-state index contributed by atoms with van der Waals surface area (Å²) < 4.78 is 5.48. The van der Waals surface area contributed by atoms with Crippen molar-refractivity contribution < 1.29 is 14.6 Å². The number of rotatable bonds is 8. The van der Waals surface area contributed by atoms with Crippen molar-refractivity contribution in [3.63, 3.8) is 0 Å². The van der Waals surface area contributed by atoms with Crippen LogP contribution in [0.1, 0.15) is 35.6 Å². The summed E-state index contributed by atoms with van der Waals surface area (Å²) in [6, 6.07) is 11.3. The fraction of sp³-hybridized carbons (Fsp3) is 0.370. The Bertz CT molecular complexity index is 1310. The Hall–Kier alpha value is -4.07. The molecule has 0 aromatic carbocycles. The van der Waals surface area contributed by atoms with Gasteiger partial charge in [-0.2, -0.15) is 5.26 Å². The minimum Gasteiger partial charge on any atom is -0.395 e. The van der Waals surface area contributed by atoms with Crippen LogP contribution in [0.15, 0.2) is 42.7 Å². The molecule has 0 saturated carbocycles. The maximum absolute atomic E-state index is 13.0. The fourth-order valence-corrected chi connectivity index (χ4v) is 3.97. The number of amides is 1. The number of nitriles is 1. The molecule has 0 bridgehead atoms. The van der Waals surface area contributed by atoms with Crippen LogP contribution in [0.4, 0.5) is 17.3 Å². The van der Waals surface area contributed by atoms with Crippen LogP contribution in [0, 0.1) is 18.3 Å². The summed E-state index contributed by atoms with van der Waals surface area (Å²) in [5.41, 5.74) is 3.20. The predicted octanol–water partition coefficient (Wildman–Crippen LogP) is 3.14. The van der Waals surface area contributed by atoms with Crippen LogP contribution in [0.2, 0.25) is 0 Å². The van der Waals surface area contributed by atoms with Gasteiger partial charge in [0.1, 0.15) is 11.6 Å². The Kier molecular flexibility index (Phi) is 7.96. The highest BCUT2D eigenvalue weighted by atomic mass is 16.5. The molecule has 1 amide bonds. The third-order valence-corrected chi connectivity index (χ3v) is 6.16. The van der Waals surface area contributed by atoms with Crippen molar-refractivity contribution >= 4 is 23.2 Å². The predicted molar refractivity (Wildman–Crippen MR) is 142 cm³/mol. The highest BCUT2D eigenvalue weighted by Gasteiger charge is 2.23. The van der Waals surface area contributed by atoms with Gasteiger partial charge in [0.15, 0.2) is 0 Å². The molecule has 1 aliphatic heterocycles. The second-order valence-electron chi connectivity index (χ2n) is 9.33. The summed E-state index contributed by atoms with van der Waals surface area (Å²) >= 11 is 0. The van der Waals surface area contributed by atoms with Crippen LogP contribution < -0.4 is 15.5 Å². The Labute approximate surface area is 216 Å². The molecule has 1 aliphatic rings. The van der Waals surface area contributed by atoms with E-state index in [1.165, 1.54) is 6.20 Å². The summed E-state index contributed by atoms with van der Waals surface area (Å²) in [4.78, 5) is 28.7. The lowest BCUT2D eigenvalue weighted by atomic mass is 9.90. The van der Waals surface area contributed by atoms with Crippen LogP contribution in [-0.4, -0.2) is 65.4 Å². The lowest BCUT2D eigenvalue weighted by Gasteiger charge is -2.28. The molecule has 3 N–H and O–H groups in total. The van der Waals surface area contributed by atoms with Crippen molar-refractivity contribution in [1.29, 1.82) is 5.26 Å². The molecule has 0 spiro atoms. The van der Waals surface area contributed by atoms with Crippen molar-refractivity contribution in [2.45, 2.75) is 26.2 Å². The summed E-state index contributed by atoms with van der Waals surface area (Å²) in [6.45, 7) is 8.54. The number of aromatic nitrogens is 3. The van der Waals surface area contributed by atoms with E-state index in [1.807, 2.05) is 25.1 Å². The van der Waals surface area contributed by atoms with Crippen LogP contribution in [-0.2, 0) is 10.2 Å². The van der Waals surface area contributed by atoms with Crippen molar-refractivity contribution in [2.75, 3.05) is 55.0 Å². The first-order chi connectivity index (χ1) is 17.8. The highest BCUT2D eigenvalue weighted by molar-refractivity contribution is 6.04. The van der Waals surface area contributed by atoms with Gasteiger partial charge in [-0.1, -0.05) is 0 Å². The molecule has 3 aromatic rings. The van der Waals surface area contributed by atoms with Gasteiger partial charge in [-0.15, -0.1) is 0 Å². The standard InChI is InChI=1S/C27H31N7O3/c1-18-22(20-13-24(30-6-9-35)33-25(14-20)34-7-10-37-11-8-34)15-21(16-31-18)32-26(36)19-4-5-29-23(12-19)27(2,3)17-28/h4-5,12-16,35H,6-11H2,1-3H3,(H,30,33)(H,32,36). The van der Waals surface area contributed by atoms with E-state index in [2.05, 4.69) is 31.6 Å².